The van der Waals surface area contributed by atoms with Crippen LogP contribution in [0.4, 0.5) is 28.0 Å². The monoisotopic (exact) mass is 407 g/mol. The van der Waals surface area contributed by atoms with E-state index in [4.69, 9.17) is 0 Å². The number of aromatic nitrogens is 2. The zero-order valence-electron chi connectivity index (χ0n) is 14.7. The normalized spacial score (nSPS) is 18.6. The van der Waals surface area contributed by atoms with Crippen molar-refractivity contribution in [2.24, 2.45) is 5.92 Å². The van der Waals surface area contributed by atoms with Gasteiger partial charge in [-0.2, -0.15) is 13.2 Å². The number of hydrogen-bond donors (Lipinski definition) is 0. The molecule has 29 heavy (non-hydrogen) atoms. The van der Waals surface area contributed by atoms with Crippen molar-refractivity contribution in [3.63, 3.8) is 0 Å². The van der Waals surface area contributed by atoms with E-state index in [2.05, 4.69) is 21.7 Å². The van der Waals surface area contributed by atoms with Crippen molar-refractivity contribution in [2.75, 3.05) is 4.90 Å². The Morgan fingerprint density at radius 1 is 1.24 bits per heavy atom. The summed E-state index contributed by atoms with van der Waals surface area (Å²) < 4.78 is 60.3. The first-order valence-corrected chi connectivity index (χ1v) is 8.65. The second-order valence-corrected chi connectivity index (χ2v) is 6.72. The van der Waals surface area contributed by atoms with Gasteiger partial charge in [0.05, 0.1) is 18.6 Å². The summed E-state index contributed by atoms with van der Waals surface area (Å²) in [5.74, 6) is 1.88. The lowest BCUT2D eigenvalue weighted by atomic mass is 10.0. The van der Waals surface area contributed by atoms with Crippen LogP contribution in [0, 0.1) is 23.7 Å². The molecule has 0 radical (unpaired) electrons. The van der Waals surface area contributed by atoms with Gasteiger partial charge in [-0.25, -0.2) is 19.1 Å². The van der Waals surface area contributed by atoms with Crippen LogP contribution in [0.15, 0.2) is 35.5 Å². The Morgan fingerprint density at radius 2 is 2.00 bits per heavy atom. The van der Waals surface area contributed by atoms with Gasteiger partial charge in [0.2, 0.25) is 6.10 Å². The van der Waals surface area contributed by atoms with Crippen molar-refractivity contribution in [3.05, 3.63) is 58.0 Å². The molecule has 1 aliphatic carbocycles. The van der Waals surface area contributed by atoms with Crippen LogP contribution in [0.5, 0.6) is 0 Å². The van der Waals surface area contributed by atoms with E-state index in [1.165, 1.54) is 18.6 Å². The molecular weight excluding hydrogens is 394 g/mol. The predicted molar refractivity (Wildman–Crippen MR) is 92.3 cm³/mol. The summed E-state index contributed by atoms with van der Waals surface area (Å²) in [5, 5.41) is 0. The van der Waals surface area contributed by atoms with Crippen LogP contribution in [0.2, 0.25) is 0 Å². The Labute approximate surface area is 161 Å². The molecule has 2 aromatic rings. The van der Waals surface area contributed by atoms with Gasteiger partial charge in [-0.05, 0) is 25.0 Å². The summed E-state index contributed by atoms with van der Waals surface area (Å²) in [5.41, 5.74) is -1.32. The number of carbonyl (C=O) groups is 1. The summed E-state index contributed by atoms with van der Waals surface area (Å²) in [6, 6.07) is 5.45. The zero-order chi connectivity index (χ0) is 20.8. The Morgan fingerprint density at radius 3 is 2.66 bits per heavy atom. The standard InChI is InChI=1S/C19H13F4N3O3/c20-14-8-13-15(7-12(14)9-25-10-24-5-3-16(25)27)26(6-4-11-1-2-11)18(28)29-17(13)19(21,22)23/h3,5,7-8,10-11,17H,1-2,9H2. The highest BCUT2D eigenvalue weighted by molar-refractivity contribution is 5.94. The molecule has 10 heteroatoms. The molecule has 1 aromatic heterocycles. The van der Waals surface area contributed by atoms with Gasteiger partial charge in [0.1, 0.15) is 5.82 Å². The minimum absolute atomic E-state index is 0.0699. The molecule has 2 aliphatic rings. The van der Waals surface area contributed by atoms with Crippen molar-refractivity contribution >= 4 is 11.8 Å². The van der Waals surface area contributed by atoms with Gasteiger partial charge in [-0.3, -0.25) is 9.36 Å². The van der Waals surface area contributed by atoms with E-state index in [9.17, 15) is 27.2 Å². The number of alkyl halides is 3. The number of hydrogen-bond acceptors (Lipinski definition) is 4. The third-order valence-electron chi connectivity index (χ3n) is 4.51. The maximum Gasteiger partial charge on any atom is 0.430 e. The van der Waals surface area contributed by atoms with E-state index >= 15 is 0 Å². The number of halogens is 4. The minimum Gasteiger partial charge on any atom is -0.430 e. The summed E-state index contributed by atoms with van der Waals surface area (Å²) >= 11 is 0. The SMILES string of the molecule is O=C1OC(C(F)(F)F)c2cc(F)c(Cn3cnccc3=O)cc2N1C#CC1CC1. The van der Waals surface area contributed by atoms with E-state index in [1.54, 1.807) is 0 Å². The number of rotatable bonds is 2. The molecule has 1 fully saturated rings. The highest BCUT2D eigenvalue weighted by Crippen LogP contribution is 2.44. The Bertz CT molecular complexity index is 1100. The van der Waals surface area contributed by atoms with Crippen LogP contribution in [-0.4, -0.2) is 21.8 Å². The molecule has 1 aromatic carbocycles. The molecule has 0 saturated heterocycles. The molecule has 4 rings (SSSR count). The Kier molecular flexibility index (Phi) is 4.53. The highest BCUT2D eigenvalue weighted by Gasteiger charge is 2.49. The minimum atomic E-state index is -4.92. The summed E-state index contributed by atoms with van der Waals surface area (Å²) in [6.45, 7) is -0.276. The lowest BCUT2D eigenvalue weighted by Gasteiger charge is -2.32. The smallest absolute Gasteiger partial charge is 0.430 e. The van der Waals surface area contributed by atoms with Crippen LogP contribution < -0.4 is 10.5 Å². The fourth-order valence-electron chi connectivity index (χ4n) is 2.87. The van der Waals surface area contributed by atoms with E-state index in [1.807, 2.05) is 0 Å². The van der Waals surface area contributed by atoms with Gasteiger partial charge >= 0.3 is 12.3 Å². The quantitative estimate of drug-likeness (QED) is 0.566. The summed E-state index contributed by atoms with van der Waals surface area (Å²) in [7, 11) is 0. The average Bonchev–Trinajstić information content (AvgIpc) is 3.47. The average molecular weight is 407 g/mol. The third-order valence-corrected chi connectivity index (χ3v) is 4.51. The molecule has 1 amide bonds. The number of carbonyl (C=O) groups excluding carboxylic acids is 1. The molecule has 6 nitrogen and oxygen atoms in total. The van der Waals surface area contributed by atoms with Crippen molar-refractivity contribution in [2.45, 2.75) is 31.7 Å². The molecule has 2 heterocycles. The molecule has 1 atom stereocenters. The van der Waals surface area contributed by atoms with E-state index in [-0.39, 0.29) is 23.7 Å². The second-order valence-electron chi connectivity index (χ2n) is 6.72. The van der Waals surface area contributed by atoms with Crippen LogP contribution in [0.3, 0.4) is 0 Å². The lowest BCUT2D eigenvalue weighted by Crippen LogP contribution is -2.39. The number of anilines is 1. The highest BCUT2D eigenvalue weighted by atomic mass is 19.4. The molecule has 0 spiro atoms. The van der Waals surface area contributed by atoms with Gasteiger partial charge in [0.25, 0.3) is 5.56 Å². The van der Waals surface area contributed by atoms with Crippen LogP contribution in [-0.2, 0) is 11.3 Å². The first kappa shape index (κ1) is 19.0. The first-order chi connectivity index (χ1) is 13.7. The largest absolute Gasteiger partial charge is 0.430 e. The maximum absolute atomic E-state index is 14.6. The van der Waals surface area contributed by atoms with Gasteiger partial charge in [0.15, 0.2) is 0 Å². The maximum atomic E-state index is 14.6. The Balaban J connectivity index is 1.82. The van der Waals surface area contributed by atoms with E-state index in [0.29, 0.717) is 6.07 Å². The number of nitrogens with zero attached hydrogens (tertiary/aromatic N) is 3. The number of ether oxygens (including phenoxy) is 1. The zero-order valence-corrected chi connectivity index (χ0v) is 14.7. The topological polar surface area (TPSA) is 64.4 Å². The second kappa shape index (κ2) is 6.92. The van der Waals surface area contributed by atoms with Crippen LogP contribution >= 0.6 is 0 Å². The fraction of sp³-hybridized carbons (Fsp3) is 0.316. The van der Waals surface area contributed by atoms with Gasteiger partial charge in [-0.1, -0.05) is 5.92 Å². The molecule has 150 valence electrons. The molecular formula is C19H13F4N3O3. The number of cyclic esters (lactones) is 1. The van der Waals surface area contributed by atoms with Crippen molar-refractivity contribution in [1.29, 1.82) is 0 Å². The third kappa shape index (κ3) is 3.81. The fourth-order valence-corrected chi connectivity index (χ4v) is 2.87. The molecule has 0 N–H and O–H groups in total. The van der Waals surface area contributed by atoms with Crippen LogP contribution in [0.25, 0.3) is 0 Å². The molecule has 0 bridgehead atoms. The number of fused-ring (bicyclic) bond motifs is 1. The number of benzene rings is 1. The Hall–Kier alpha value is -3.35. The van der Waals surface area contributed by atoms with Crippen molar-refractivity contribution in [3.8, 4) is 12.0 Å². The molecule has 1 aliphatic heterocycles. The van der Waals surface area contributed by atoms with E-state index in [0.717, 1.165) is 28.4 Å². The lowest BCUT2D eigenvalue weighted by molar-refractivity contribution is -0.206. The summed E-state index contributed by atoms with van der Waals surface area (Å²) in [6.07, 6.45) is -4.69. The van der Waals surface area contributed by atoms with Gasteiger partial charge in [-0.15, -0.1) is 0 Å². The van der Waals surface area contributed by atoms with Gasteiger partial charge < -0.3 is 4.74 Å². The van der Waals surface area contributed by atoms with Crippen LogP contribution in [0.1, 0.15) is 30.1 Å². The van der Waals surface area contributed by atoms with Gasteiger partial charge in [0, 0.05) is 35.4 Å². The molecule has 1 unspecified atom stereocenters. The molecule has 1 saturated carbocycles. The van der Waals surface area contributed by atoms with E-state index < -0.39 is 35.3 Å². The first-order valence-electron chi connectivity index (χ1n) is 8.65. The predicted octanol–water partition coefficient (Wildman–Crippen LogP) is 3.36. The number of amides is 1. The summed E-state index contributed by atoms with van der Waals surface area (Å²) in [4.78, 5) is 28.6. The van der Waals surface area contributed by atoms with Crippen molar-refractivity contribution in [1.82, 2.24) is 9.55 Å². The van der Waals surface area contributed by atoms with Crippen molar-refractivity contribution < 1.29 is 27.1 Å².